The quantitative estimate of drug-likeness (QED) is 0.702. The minimum Gasteiger partial charge on any atom is -0.378 e. The van der Waals surface area contributed by atoms with Gasteiger partial charge in [0.05, 0.1) is 13.2 Å². The Hall–Kier alpha value is -3.20. The molecule has 0 spiro atoms. The highest BCUT2D eigenvalue weighted by atomic mass is 16.5. The fourth-order valence-corrected chi connectivity index (χ4v) is 3.32. The van der Waals surface area contributed by atoms with E-state index in [0.717, 1.165) is 0 Å². The molecule has 3 aromatic rings. The Labute approximate surface area is 167 Å². The van der Waals surface area contributed by atoms with Crippen molar-refractivity contribution in [1.82, 2.24) is 19.2 Å². The molecule has 1 fully saturated rings. The van der Waals surface area contributed by atoms with Crippen LogP contribution in [0.3, 0.4) is 0 Å². The first-order chi connectivity index (χ1) is 14.0. The Morgan fingerprint density at radius 3 is 2.62 bits per heavy atom. The van der Waals surface area contributed by atoms with Crippen LogP contribution in [0.25, 0.3) is 5.65 Å². The second kappa shape index (κ2) is 8.04. The number of carbonyl (C=O) groups excluding carboxylic acids is 1. The van der Waals surface area contributed by atoms with Crippen LogP contribution in [-0.2, 0) is 16.1 Å². The van der Waals surface area contributed by atoms with E-state index >= 15 is 0 Å². The van der Waals surface area contributed by atoms with E-state index in [1.807, 2.05) is 29.2 Å². The van der Waals surface area contributed by atoms with E-state index in [4.69, 9.17) is 4.74 Å². The molecule has 1 aliphatic heterocycles. The summed E-state index contributed by atoms with van der Waals surface area (Å²) in [6, 6.07) is 7.69. The number of nitrogens with zero attached hydrogens (tertiary/aromatic N) is 5. The molecule has 3 heterocycles. The minimum absolute atomic E-state index is 0.172. The summed E-state index contributed by atoms with van der Waals surface area (Å²) in [7, 11) is 0. The molecule has 2 aromatic heterocycles. The monoisotopic (exact) mass is 396 g/mol. The zero-order valence-corrected chi connectivity index (χ0v) is 16.5. The lowest BCUT2D eigenvalue weighted by Gasteiger charge is -2.27. The molecule has 0 saturated carbocycles. The highest BCUT2D eigenvalue weighted by Gasteiger charge is 2.20. The summed E-state index contributed by atoms with van der Waals surface area (Å²) in [5.41, 5.74) is 1.95. The molecule has 0 unspecified atom stereocenters. The van der Waals surface area contributed by atoms with Crippen molar-refractivity contribution in [3.8, 4) is 0 Å². The predicted molar refractivity (Wildman–Crippen MR) is 109 cm³/mol. The maximum atomic E-state index is 12.7. The molecule has 0 aliphatic carbocycles. The lowest BCUT2D eigenvalue weighted by molar-refractivity contribution is -0.117. The van der Waals surface area contributed by atoms with Crippen molar-refractivity contribution in [3.05, 3.63) is 52.7 Å². The van der Waals surface area contributed by atoms with Crippen LogP contribution in [0.15, 0.2) is 41.5 Å². The number of rotatable bonds is 5. The van der Waals surface area contributed by atoms with Crippen LogP contribution in [-0.4, -0.2) is 51.4 Å². The van der Waals surface area contributed by atoms with Crippen molar-refractivity contribution < 1.29 is 9.53 Å². The molecule has 1 aromatic carbocycles. The number of fused-ring (bicyclic) bond motifs is 1. The van der Waals surface area contributed by atoms with Gasteiger partial charge in [0.1, 0.15) is 6.54 Å². The van der Waals surface area contributed by atoms with E-state index in [1.54, 1.807) is 12.4 Å². The molecular weight excluding hydrogens is 372 g/mol. The molecular formula is C20H24N6O3. The summed E-state index contributed by atoms with van der Waals surface area (Å²) in [6.45, 7) is 6.63. The number of hydrogen-bond acceptors (Lipinski definition) is 6. The lowest BCUT2D eigenvalue weighted by atomic mass is 10.0. The van der Waals surface area contributed by atoms with Crippen LogP contribution in [0, 0.1) is 0 Å². The highest BCUT2D eigenvalue weighted by molar-refractivity contribution is 5.90. The van der Waals surface area contributed by atoms with Gasteiger partial charge in [-0.05, 0) is 23.6 Å². The average Bonchev–Trinajstić information content (AvgIpc) is 3.04. The van der Waals surface area contributed by atoms with Crippen molar-refractivity contribution in [2.75, 3.05) is 36.5 Å². The first-order valence-electron chi connectivity index (χ1n) is 9.69. The maximum Gasteiger partial charge on any atom is 0.350 e. The predicted octanol–water partition coefficient (Wildman–Crippen LogP) is 1.49. The zero-order chi connectivity index (χ0) is 20.4. The third-order valence-corrected chi connectivity index (χ3v) is 4.95. The van der Waals surface area contributed by atoms with Crippen LogP contribution < -0.4 is 15.9 Å². The third kappa shape index (κ3) is 4.00. The number of ether oxygens (including phenoxy) is 1. The van der Waals surface area contributed by atoms with Crippen LogP contribution in [0.5, 0.6) is 0 Å². The van der Waals surface area contributed by atoms with Gasteiger partial charge in [0.2, 0.25) is 11.6 Å². The summed E-state index contributed by atoms with van der Waals surface area (Å²) in [5.74, 6) is 0.732. The number of aromatic nitrogens is 4. The number of nitrogens with one attached hydrogen (secondary N) is 1. The van der Waals surface area contributed by atoms with Gasteiger partial charge >= 0.3 is 5.69 Å². The Balaban J connectivity index is 1.54. The number of carbonyl (C=O) groups is 1. The fourth-order valence-electron chi connectivity index (χ4n) is 3.32. The Bertz CT molecular complexity index is 1060. The summed E-state index contributed by atoms with van der Waals surface area (Å²) in [6.07, 6.45) is 3.13. The van der Waals surface area contributed by atoms with Gasteiger partial charge in [-0.25, -0.2) is 18.9 Å². The van der Waals surface area contributed by atoms with Gasteiger partial charge in [-0.2, -0.15) is 0 Å². The van der Waals surface area contributed by atoms with E-state index in [2.05, 4.69) is 29.2 Å². The van der Waals surface area contributed by atoms with Crippen molar-refractivity contribution in [1.29, 1.82) is 0 Å². The van der Waals surface area contributed by atoms with E-state index in [9.17, 15) is 9.59 Å². The Kier molecular flexibility index (Phi) is 5.30. The van der Waals surface area contributed by atoms with Crippen LogP contribution in [0.4, 0.5) is 11.5 Å². The molecule has 1 aliphatic rings. The summed E-state index contributed by atoms with van der Waals surface area (Å²) in [5, 5.41) is 7.18. The normalized spacial score (nSPS) is 14.5. The minimum atomic E-state index is -0.373. The van der Waals surface area contributed by atoms with Gasteiger partial charge < -0.3 is 15.0 Å². The van der Waals surface area contributed by atoms with Crippen molar-refractivity contribution >= 4 is 23.1 Å². The summed E-state index contributed by atoms with van der Waals surface area (Å²) in [4.78, 5) is 31.6. The number of morpholine rings is 1. The SMILES string of the molecule is CC(C)c1ccc(NC(=O)Cn2nc3c(N4CCOCC4)nccn3c2=O)cc1. The van der Waals surface area contributed by atoms with Crippen molar-refractivity contribution in [2.45, 2.75) is 26.3 Å². The number of anilines is 2. The molecule has 29 heavy (non-hydrogen) atoms. The van der Waals surface area contributed by atoms with E-state index in [1.165, 1.54) is 14.6 Å². The molecule has 9 nitrogen and oxygen atoms in total. The molecule has 152 valence electrons. The molecule has 0 radical (unpaired) electrons. The lowest BCUT2D eigenvalue weighted by Crippen LogP contribution is -2.37. The molecule has 1 saturated heterocycles. The maximum absolute atomic E-state index is 12.7. The zero-order valence-electron chi connectivity index (χ0n) is 16.5. The van der Waals surface area contributed by atoms with E-state index in [-0.39, 0.29) is 18.1 Å². The molecule has 1 amide bonds. The van der Waals surface area contributed by atoms with Crippen LogP contribution in [0.1, 0.15) is 25.3 Å². The second-order valence-electron chi connectivity index (χ2n) is 7.31. The standard InChI is InChI=1S/C20H24N6O3/c1-14(2)15-3-5-16(6-4-15)22-17(27)13-26-20(28)25-8-7-21-18(19(25)23-26)24-9-11-29-12-10-24/h3-8,14H,9-13H2,1-2H3,(H,22,27). The summed E-state index contributed by atoms with van der Waals surface area (Å²) >= 11 is 0. The third-order valence-electron chi connectivity index (χ3n) is 4.95. The largest absolute Gasteiger partial charge is 0.378 e. The van der Waals surface area contributed by atoms with Gasteiger partial charge in [0.25, 0.3) is 0 Å². The van der Waals surface area contributed by atoms with E-state index < -0.39 is 0 Å². The van der Waals surface area contributed by atoms with Crippen molar-refractivity contribution in [2.24, 2.45) is 0 Å². The smallest absolute Gasteiger partial charge is 0.350 e. The highest BCUT2D eigenvalue weighted by Crippen LogP contribution is 2.18. The first-order valence-corrected chi connectivity index (χ1v) is 9.69. The molecule has 0 bridgehead atoms. The topological polar surface area (TPSA) is 93.8 Å². The van der Waals surface area contributed by atoms with Gasteiger partial charge in [-0.1, -0.05) is 26.0 Å². The number of hydrogen-bond donors (Lipinski definition) is 1. The fraction of sp³-hybridized carbons (Fsp3) is 0.400. The molecule has 0 atom stereocenters. The second-order valence-corrected chi connectivity index (χ2v) is 7.31. The number of amides is 1. The van der Waals surface area contributed by atoms with Gasteiger partial charge in [-0.15, -0.1) is 5.10 Å². The Morgan fingerprint density at radius 2 is 1.93 bits per heavy atom. The Morgan fingerprint density at radius 1 is 1.21 bits per heavy atom. The molecule has 4 rings (SSSR count). The van der Waals surface area contributed by atoms with Gasteiger partial charge in [-0.3, -0.25) is 4.79 Å². The van der Waals surface area contributed by atoms with Crippen molar-refractivity contribution in [3.63, 3.8) is 0 Å². The van der Waals surface area contributed by atoms with Gasteiger partial charge in [0, 0.05) is 31.2 Å². The van der Waals surface area contributed by atoms with E-state index in [0.29, 0.717) is 49.4 Å². The molecule has 9 heteroatoms. The van der Waals surface area contributed by atoms with Crippen LogP contribution >= 0.6 is 0 Å². The van der Waals surface area contributed by atoms with Crippen LogP contribution in [0.2, 0.25) is 0 Å². The van der Waals surface area contributed by atoms with Gasteiger partial charge in [0.15, 0.2) is 5.82 Å². The number of benzene rings is 1. The average molecular weight is 396 g/mol. The first kappa shape index (κ1) is 19.1. The molecule has 1 N–H and O–H groups in total. The summed E-state index contributed by atoms with van der Waals surface area (Å²) < 4.78 is 7.96.